The Balaban J connectivity index is 2.76. The summed E-state index contributed by atoms with van der Waals surface area (Å²) in [6.45, 7) is 4.27. The topological polar surface area (TPSA) is 47.3 Å². The highest BCUT2D eigenvalue weighted by molar-refractivity contribution is 6.32. The summed E-state index contributed by atoms with van der Waals surface area (Å²) in [7, 11) is 1.62. The Morgan fingerprint density at radius 3 is 2.80 bits per heavy atom. The molecule has 0 heterocycles. The molecule has 0 aliphatic heterocycles. The summed E-state index contributed by atoms with van der Waals surface area (Å²) in [4.78, 5) is 0. The first kappa shape index (κ1) is 12.3. The van der Waals surface area contributed by atoms with Gasteiger partial charge < -0.3 is 15.8 Å². The lowest BCUT2D eigenvalue weighted by Gasteiger charge is -2.10. The van der Waals surface area contributed by atoms with Gasteiger partial charge in [0.05, 0.1) is 12.1 Å². The molecule has 0 bridgehead atoms. The zero-order valence-electron chi connectivity index (χ0n) is 9.14. The van der Waals surface area contributed by atoms with Crippen LogP contribution in [0.15, 0.2) is 12.1 Å². The molecule has 15 heavy (non-hydrogen) atoms. The number of halogens is 1. The maximum Gasteiger partial charge on any atom is 0.137 e. The Morgan fingerprint density at radius 1 is 1.47 bits per heavy atom. The normalized spacial score (nSPS) is 10.4. The van der Waals surface area contributed by atoms with Crippen molar-refractivity contribution in [2.24, 2.45) is 5.73 Å². The van der Waals surface area contributed by atoms with E-state index in [4.69, 9.17) is 22.1 Å². The Kier molecular flexibility index (Phi) is 4.88. The molecule has 84 valence electrons. The summed E-state index contributed by atoms with van der Waals surface area (Å²) in [5.74, 6) is 0.719. The van der Waals surface area contributed by atoms with Gasteiger partial charge >= 0.3 is 0 Å². The van der Waals surface area contributed by atoms with E-state index in [9.17, 15) is 0 Å². The van der Waals surface area contributed by atoms with Crippen LogP contribution in [0.5, 0.6) is 5.75 Å². The van der Waals surface area contributed by atoms with Gasteiger partial charge in [0.25, 0.3) is 0 Å². The first-order valence-electron chi connectivity index (χ1n) is 4.92. The Labute approximate surface area is 95.6 Å². The molecule has 0 atom stereocenters. The van der Waals surface area contributed by atoms with Crippen molar-refractivity contribution in [2.75, 3.05) is 20.2 Å². The Morgan fingerprint density at radius 2 is 2.20 bits per heavy atom. The Hall–Kier alpha value is -0.770. The molecule has 0 aliphatic rings. The largest absolute Gasteiger partial charge is 0.495 e. The minimum Gasteiger partial charge on any atom is -0.495 e. The van der Waals surface area contributed by atoms with Crippen molar-refractivity contribution in [3.05, 3.63) is 28.3 Å². The van der Waals surface area contributed by atoms with Crippen molar-refractivity contribution in [3.63, 3.8) is 0 Å². The summed E-state index contributed by atoms with van der Waals surface area (Å²) < 4.78 is 5.13. The molecule has 0 aliphatic carbocycles. The van der Waals surface area contributed by atoms with Crippen LogP contribution in [-0.2, 0) is 6.54 Å². The van der Waals surface area contributed by atoms with Crippen LogP contribution in [0.25, 0.3) is 0 Å². The summed E-state index contributed by atoms with van der Waals surface area (Å²) in [6.07, 6.45) is 0. The van der Waals surface area contributed by atoms with Gasteiger partial charge in [-0.2, -0.15) is 0 Å². The third-order valence-corrected chi connectivity index (χ3v) is 2.54. The maximum absolute atomic E-state index is 6.04. The molecule has 0 spiro atoms. The lowest BCUT2D eigenvalue weighted by atomic mass is 10.1. The van der Waals surface area contributed by atoms with Crippen LogP contribution in [0.1, 0.15) is 11.1 Å². The maximum atomic E-state index is 6.04. The smallest absolute Gasteiger partial charge is 0.137 e. The van der Waals surface area contributed by atoms with E-state index in [1.807, 2.05) is 19.1 Å². The molecule has 0 radical (unpaired) electrons. The molecule has 4 heteroatoms. The van der Waals surface area contributed by atoms with Crippen LogP contribution in [0.4, 0.5) is 0 Å². The highest BCUT2D eigenvalue weighted by atomic mass is 35.5. The molecule has 3 nitrogen and oxygen atoms in total. The zero-order valence-corrected chi connectivity index (χ0v) is 9.90. The number of aryl methyl sites for hydroxylation is 1. The fourth-order valence-electron chi connectivity index (χ4n) is 1.37. The van der Waals surface area contributed by atoms with E-state index in [0.717, 1.165) is 18.8 Å². The average Bonchev–Trinajstić information content (AvgIpc) is 2.23. The van der Waals surface area contributed by atoms with Crippen LogP contribution < -0.4 is 15.8 Å². The summed E-state index contributed by atoms with van der Waals surface area (Å²) in [5, 5.41) is 3.88. The molecule has 0 saturated carbocycles. The second kappa shape index (κ2) is 5.95. The predicted molar refractivity (Wildman–Crippen MR) is 63.5 cm³/mol. The van der Waals surface area contributed by atoms with Crippen LogP contribution >= 0.6 is 11.6 Å². The molecule has 0 aromatic heterocycles. The molecule has 1 aromatic rings. The molecule has 1 aromatic carbocycles. The van der Waals surface area contributed by atoms with E-state index in [-0.39, 0.29) is 0 Å². The number of hydrogen-bond acceptors (Lipinski definition) is 3. The third-order valence-electron chi connectivity index (χ3n) is 2.25. The van der Waals surface area contributed by atoms with E-state index in [1.54, 1.807) is 7.11 Å². The summed E-state index contributed by atoms with van der Waals surface area (Å²) >= 11 is 6.04. The van der Waals surface area contributed by atoms with E-state index in [0.29, 0.717) is 11.6 Å². The van der Waals surface area contributed by atoms with E-state index in [1.165, 1.54) is 11.1 Å². The lowest BCUT2D eigenvalue weighted by molar-refractivity contribution is 0.414. The number of benzene rings is 1. The van der Waals surface area contributed by atoms with Gasteiger partial charge in [-0.1, -0.05) is 11.6 Å². The van der Waals surface area contributed by atoms with Crippen molar-refractivity contribution in [1.82, 2.24) is 5.32 Å². The SMILES string of the molecule is COc1cc(C)c(CNCCN)cc1Cl. The molecule has 0 unspecified atom stereocenters. The average molecular weight is 229 g/mol. The van der Waals surface area contributed by atoms with Crippen LogP contribution in [0, 0.1) is 6.92 Å². The van der Waals surface area contributed by atoms with Crippen LogP contribution in [0.2, 0.25) is 5.02 Å². The van der Waals surface area contributed by atoms with Crippen molar-refractivity contribution in [2.45, 2.75) is 13.5 Å². The first-order valence-corrected chi connectivity index (χ1v) is 5.30. The standard InChI is InChI=1S/C11H17ClN2O/c1-8-5-11(15-2)10(12)6-9(8)7-14-4-3-13/h5-6,14H,3-4,7,13H2,1-2H3. The first-order chi connectivity index (χ1) is 7.19. The minimum atomic E-state index is 0.642. The Bertz CT molecular complexity index is 329. The number of rotatable bonds is 5. The van der Waals surface area contributed by atoms with Gasteiger partial charge in [0.2, 0.25) is 0 Å². The van der Waals surface area contributed by atoms with Crippen molar-refractivity contribution >= 4 is 11.6 Å². The second-order valence-electron chi connectivity index (χ2n) is 3.38. The van der Waals surface area contributed by atoms with Gasteiger partial charge in [0.1, 0.15) is 5.75 Å². The minimum absolute atomic E-state index is 0.642. The lowest BCUT2D eigenvalue weighted by Crippen LogP contribution is -2.22. The number of nitrogens with two attached hydrogens (primary N) is 1. The van der Waals surface area contributed by atoms with E-state index in [2.05, 4.69) is 5.32 Å². The number of hydrogen-bond donors (Lipinski definition) is 2. The third kappa shape index (κ3) is 3.38. The fourth-order valence-corrected chi connectivity index (χ4v) is 1.63. The summed E-state index contributed by atoms with van der Waals surface area (Å²) in [6, 6.07) is 3.88. The van der Waals surface area contributed by atoms with E-state index < -0.39 is 0 Å². The molecule has 1 rings (SSSR count). The summed E-state index contributed by atoms with van der Waals surface area (Å²) in [5.41, 5.74) is 7.74. The number of ether oxygens (including phenoxy) is 1. The monoisotopic (exact) mass is 228 g/mol. The number of methoxy groups -OCH3 is 1. The van der Waals surface area contributed by atoms with Crippen molar-refractivity contribution in [3.8, 4) is 5.75 Å². The molecule has 0 saturated heterocycles. The van der Waals surface area contributed by atoms with Gasteiger partial charge in [-0.05, 0) is 30.2 Å². The fraction of sp³-hybridized carbons (Fsp3) is 0.455. The van der Waals surface area contributed by atoms with Crippen LogP contribution in [0.3, 0.4) is 0 Å². The van der Waals surface area contributed by atoms with Gasteiger partial charge in [-0.15, -0.1) is 0 Å². The molecular weight excluding hydrogens is 212 g/mol. The molecule has 0 fully saturated rings. The van der Waals surface area contributed by atoms with Gasteiger partial charge in [0, 0.05) is 19.6 Å². The van der Waals surface area contributed by atoms with E-state index >= 15 is 0 Å². The second-order valence-corrected chi connectivity index (χ2v) is 3.79. The molecule has 0 amide bonds. The number of nitrogens with one attached hydrogen (secondary N) is 1. The van der Waals surface area contributed by atoms with Gasteiger partial charge in [0.15, 0.2) is 0 Å². The zero-order chi connectivity index (χ0) is 11.3. The predicted octanol–water partition coefficient (Wildman–Crippen LogP) is 1.71. The van der Waals surface area contributed by atoms with Gasteiger partial charge in [-0.25, -0.2) is 0 Å². The van der Waals surface area contributed by atoms with Crippen LogP contribution in [-0.4, -0.2) is 20.2 Å². The quantitative estimate of drug-likeness (QED) is 0.755. The van der Waals surface area contributed by atoms with Gasteiger partial charge in [-0.3, -0.25) is 0 Å². The highest BCUT2D eigenvalue weighted by Gasteiger charge is 2.05. The van der Waals surface area contributed by atoms with Crippen molar-refractivity contribution in [1.29, 1.82) is 0 Å². The molecule has 3 N–H and O–H groups in total. The van der Waals surface area contributed by atoms with Crippen molar-refractivity contribution < 1.29 is 4.74 Å². The molecular formula is C11H17ClN2O. The highest BCUT2D eigenvalue weighted by Crippen LogP contribution is 2.27.